The molecule has 0 fully saturated rings. The Labute approximate surface area is 207 Å². The molecule has 0 aliphatic rings. The van der Waals surface area contributed by atoms with E-state index in [4.69, 9.17) is 9.47 Å². The van der Waals surface area contributed by atoms with Crippen LogP contribution in [0.3, 0.4) is 0 Å². The molecule has 0 aliphatic heterocycles. The van der Waals surface area contributed by atoms with Gasteiger partial charge in [-0.05, 0) is 70.0 Å². The van der Waals surface area contributed by atoms with Gasteiger partial charge in [0.1, 0.15) is 24.7 Å². The van der Waals surface area contributed by atoms with Crippen molar-refractivity contribution in [3.8, 4) is 33.8 Å². The minimum absolute atomic E-state index is 0.0340. The molecular weight excluding hydrogens is 436 g/mol. The van der Waals surface area contributed by atoms with Crippen molar-refractivity contribution in [1.82, 2.24) is 0 Å². The summed E-state index contributed by atoms with van der Waals surface area (Å²) in [5.41, 5.74) is 6.70. The molecule has 4 heteroatoms. The molecule has 180 valence electrons. The number of ether oxygens (including phenoxy) is 2. The summed E-state index contributed by atoms with van der Waals surface area (Å²) in [4.78, 5) is 0. The highest BCUT2D eigenvalue weighted by Crippen LogP contribution is 2.36. The van der Waals surface area contributed by atoms with Crippen molar-refractivity contribution in [3.63, 3.8) is 0 Å². The van der Waals surface area contributed by atoms with Crippen molar-refractivity contribution < 1.29 is 19.7 Å². The predicted molar refractivity (Wildman–Crippen MR) is 141 cm³/mol. The Bertz CT molecular complexity index is 1210. The third-order valence-corrected chi connectivity index (χ3v) is 6.04. The molecule has 1 atom stereocenters. The smallest absolute Gasteiger partial charge is 0.122 e. The SMILES string of the molecule is CC(Cc1cc(-c2ccccc2)ccc1OCCO)c1cc(-c2ccccc2)ccc1OCCO. The minimum Gasteiger partial charge on any atom is -0.491 e. The molecule has 0 aliphatic carbocycles. The van der Waals surface area contributed by atoms with E-state index in [0.717, 1.165) is 51.3 Å². The standard InChI is InChI=1S/C31H32O4/c1-23(29-22-27(25-10-6-3-7-11-25)13-15-31(29)35-19-17-33)20-28-21-26(24-8-4-2-5-9-24)12-14-30(28)34-18-16-32/h2-15,21-23,32-33H,16-20H2,1H3. The lowest BCUT2D eigenvalue weighted by Gasteiger charge is -2.20. The van der Waals surface area contributed by atoms with Gasteiger partial charge in [-0.2, -0.15) is 0 Å². The molecule has 4 rings (SSSR count). The first-order valence-corrected chi connectivity index (χ1v) is 12.0. The Morgan fingerprint density at radius 3 is 1.69 bits per heavy atom. The highest BCUT2D eigenvalue weighted by molar-refractivity contribution is 5.67. The number of aliphatic hydroxyl groups is 2. The summed E-state index contributed by atoms with van der Waals surface area (Å²) in [6.45, 7) is 2.61. The van der Waals surface area contributed by atoms with Crippen LogP contribution in [0.5, 0.6) is 11.5 Å². The van der Waals surface area contributed by atoms with Gasteiger partial charge in [0, 0.05) is 0 Å². The van der Waals surface area contributed by atoms with Crippen LogP contribution < -0.4 is 9.47 Å². The Hall–Kier alpha value is -3.60. The highest BCUT2D eigenvalue weighted by atomic mass is 16.5. The summed E-state index contributed by atoms with van der Waals surface area (Å²) >= 11 is 0. The molecule has 0 heterocycles. The molecule has 0 bridgehead atoms. The van der Waals surface area contributed by atoms with Crippen LogP contribution in [0, 0.1) is 0 Å². The van der Waals surface area contributed by atoms with Gasteiger partial charge < -0.3 is 19.7 Å². The number of hydrogen-bond acceptors (Lipinski definition) is 4. The van der Waals surface area contributed by atoms with E-state index < -0.39 is 0 Å². The van der Waals surface area contributed by atoms with Crippen molar-refractivity contribution in [3.05, 3.63) is 108 Å². The molecule has 0 saturated heterocycles. The zero-order chi connectivity index (χ0) is 24.5. The average molecular weight is 469 g/mol. The Morgan fingerprint density at radius 1 is 0.600 bits per heavy atom. The number of rotatable bonds is 11. The quantitative estimate of drug-likeness (QED) is 0.279. The fraction of sp³-hybridized carbons (Fsp3) is 0.226. The van der Waals surface area contributed by atoms with Crippen LogP contribution >= 0.6 is 0 Å². The first kappa shape index (κ1) is 24.5. The van der Waals surface area contributed by atoms with Crippen LogP contribution in [0.1, 0.15) is 24.0 Å². The van der Waals surface area contributed by atoms with Crippen LogP contribution in [-0.4, -0.2) is 36.6 Å². The van der Waals surface area contributed by atoms with Crippen molar-refractivity contribution in [2.45, 2.75) is 19.3 Å². The van der Waals surface area contributed by atoms with E-state index in [1.54, 1.807) is 0 Å². The summed E-state index contributed by atoms with van der Waals surface area (Å²) < 4.78 is 11.8. The fourth-order valence-electron chi connectivity index (χ4n) is 4.32. The number of hydrogen-bond donors (Lipinski definition) is 2. The Kier molecular flexibility index (Phi) is 8.55. The third-order valence-electron chi connectivity index (χ3n) is 6.04. The topological polar surface area (TPSA) is 58.9 Å². The molecule has 0 amide bonds. The van der Waals surface area contributed by atoms with E-state index >= 15 is 0 Å². The molecule has 0 spiro atoms. The third kappa shape index (κ3) is 6.30. The molecule has 4 aromatic carbocycles. The maximum atomic E-state index is 9.32. The average Bonchev–Trinajstić information content (AvgIpc) is 2.92. The van der Waals surface area contributed by atoms with Gasteiger partial charge in [-0.1, -0.05) is 79.7 Å². The van der Waals surface area contributed by atoms with Crippen LogP contribution in [0.4, 0.5) is 0 Å². The van der Waals surface area contributed by atoms with Gasteiger partial charge in [0.2, 0.25) is 0 Å². The molecule has 2 N–H and O–H groups in total. The maximum Gasteiger partial charge on any atom is 0.122 e. The molecule has 0 radical (unpaired) electrons. The lowest BCUT2D eigenvalue weighted by molar-refractivity contribution is 0.199. The number of aliphatic hydroxyl groups excluding tert-OH is 2. The first-order valence-electron chi connectivity index (χ1n) is 12.0. The van der Waals surface area contributed by atoms with Gasteiger partial charge in [-0.3, -0.25) is 0 Å². The highest BCUT2D eigenvalue weighted by Gasteiger charge is 2.17. The first-order chi connectivity index (χ1) is 17.2. The van der Waals surface area contributed by atoms with E-state index in [1.807, 2.05) is 48.5 Å². The lowest BCUT2D eigenvalue weighted by atomic mass is 9.89. The van der Waals surface area contributed by atoms with Crippen molar-refractivity contribution >= 4 is 0 Å². The Morgan fingerprint density at radius 2 is 1.11 bits per heavy atom. The van der Waals surface area contributed by atoms with Crippen LogP contribution in [-0.2, 0) is 6.42 Å². The normalized spacial score (nSPS) is 11.7. The van der Waals surface area contributed by atoms with Crippen molar-refractivity contribution in [1.29, 1.82) is 0 Å². The second-order valence-corrected chi connectivity index (χ2v) is 8.56. The van der Waals surface area contributed by atoms with E-state index in [1.165, 1.54) is 0 Å². The molecule has 4 nitrogen and oxygen atoms in total. The predicted octanol–water partition coefficient (Wildman–Crippen LogP) is 6.11. The summed E-state index contributed by atoms with van der Waals surface area (Å²) in [5.74, 6) is 1.68. The second kappa shape index (κ2) is 12.2. The maximum absolute atomic E-state index is 9.32. The van der Waals surface area contributed by atoms with Gasteiger partial charge in [-0.25, -0.2) is 0 Å². The molecule has 4 aromatic rings. The largest absolute Gasteiger partial charge is 0.491 e. The molecule has 0 saturated carbocycles. The summed E-state index contributed by atoms with van der Waals surface area (Å²) in [7, 11) is 0. The molecular formula is C31H32O4. The summed E-state index contributed by atoms with van der Waals surface area (Å²) in [6.07, 6.45) is 0.731. The zero-order valence-corrected chi connectivity index (χ0v) is 20.1. The molecule has 0 aromatic heterocycles. The van der Waals surface area contributed by atoms with E-state index in [2.05, 4.69) is 55.5 Å². The van der Waals surface area contributed by atoms with Crippen LogP contribution in [0.25, 0.3) is 22.3 Å². The minimum atomic E-state index is -0.0352. The Balaban J connectivity index is 1.69. The number of benzene rings is 4. The van der Waals surface area contributed by atoms with E-state index in [9.17, 15) is 10.2 Å². The van der Waals surface area contributed by atoms with Gasteiger partial charge >= 0.3 is 0 Å². The van der Waals surface area contributed by atoms with Gasteiger partial charge in [0.15, 0.2) is 0 Å². The second-order valence-electron chi connectivity index (χ2n) is 8.56. The van der Waals surface area contributed by atoms with E-state index in [0.29, 0.717) is 0 Å². The molecule has 35 heavy (non-hydrogen) atoms. The van der Waals surface area contributed by atoms with Crippen LogP contribution in [0.15, 0.2) is 97.1 Å². The van der Waals surface area contributed by atoms with Gasteiger partial charge in [-0.15, -0.1) is 0 Å². The summed E-state index contributed by atoms with van der Waals surface area (Å²) in [5, 5.41) is 18.6. The zero-order valence-electron chi connectivity index (χ0n) is 20.1. The van der Waals surface area contributed by atoms with Crippen molar-refractivity contribution in [2.24, 2.45) is 0 Å². The lowest BCUT2D eigenvalue weighted by Crippen LogP contribution is -2.09. The van der Waals surface area contributed by atoms with E-state index in [-0.39, 0.29) is 32.3 Å². The van der Waals surface area contributed by atoms with Crippen LogP contribution in [0.2, 0.25) is 0 Å². The fourth-order valence-corrected chi connectivity index (χ4v) is 4.32. The molecule has 1 unspecified atom stereocenters. The van der Waals surface area contributed by atoms with Gasteiger partial charge in [0.05, 0.1) is 13.2 Å². The van der Waals surface area contributed by atoms with Crippen molar-refractivity contribution in [2.75, 3.05) is 26.4 Å². The summed E-state index contributed by atoms with van der Waals surface area (Å²) in [6, 6.07) is 33.0. The van der Waals surface area contributed by atoms with Gasteiger partial charge in [0.25, 0.3) is 0 Å². The monoisotopic (exact) mass is 468 g/mol.